The molecule has 1 amide bonds. The summed E-state index contributed by atoms with van der Waals surface area (Å²) in [6.07, 6.45) is 2.69. The highest BCUT2D eigenvalue weighted by Gasteiger charge is 2.33. The van der Waals surface area contributed by atoms with Crippen LogP contribution in [0.3, 0.4) is 0 Å². The maximum atomic E-state index is 12.5. The molecule has 1 aliphatic carbocycles. The van der Waals surface area contributed by atoms with Gasteiger partial charge in [-0.3, -0.25) is 9.69 Å². The number of piperazine rings is 1. The van der Waals surface area contributed by atoms with E-state index < -0.39 is 0 Å². The molecule has 3 nitrogen and oxygen atoms in total. The van der Waals surface area contributed by atoms with E-state index in [1.54, 1.807) is 11.8 Å². The van der Waals surface area contributed by atoms with Crippen LogP contribution in [-0.2, 0) is 4.79 Å². The smallest absolute Gasteiger partial charge is 0.235 e. The Morgan fingerprint density at radius 1 is 1.19 bits per heavy atom. The number of amides is 1. The molecular weight excluding hydrogens is 304 g/mol. The standard InChI is InChI=1S/C16H21ClN2OS/c1-12(21-15-6-2-13(17)3-7-15)16(20)19-10-8-18(9-11-19)14-4-5-14/h2-3,6-7,12,14H,4-5,8-11H2,1H3. The second-order valence-electron chi connectivity index (χ2n) is 5.81. The summed E-state index contributed by atoms with van der Waals surface area (Å²) >= 11 is 7.50. The maximum Gasteiger partial charge on any atom is 0.235 e. The van der Waals surface area contributed by atoms with Gasteiger partial charge < -0.3 is 4.90 Å². The molecule has 5 heteroatoms. The molecule has 0 bridgehead atoms. The summed E-state index contributed by atoms with van der Waals surface area (Å²) in [7, 11) is 0. The molecule has 2 aliphatic rings. The van der Waals surface area contributed by atoms with Crippen LogP contribution in [0, 0.1) is 0 Å². The summed E-state index contributed by atoms with van der Waals surface area (Å²) in [5.74, 6) is 0.255. The molecule has 21 heavy (non-hydrogen) atoms. The molecule has 1 saturated carbocycles. The highest BCUT2D eigenvalue weighted by molar-refractivity contribution is 8.00. The molecule has 0 radical (unpaired) electrons. The Bertz CT molecular complexity index is 496. The lowest BCUT2D eigenvalue weighted by molar-refractivity contribution is -0.132. The first-order valence-corrected chi connectivity index (χ1v) is 8.84. The first-order valence-electron chi connectivity index (χ1n) is 7.58. The Morgan fingerprint density at radius 2 is 1.81 bits per heavy atom. The first-order chi connectivity index (χ1) is 10.1. The summed E-state index contributed by atoms with van der Waals surface area (Å²) in [5, 5.41) is 0.688. The molecule has 0 spiro atoms. The molecule has 1 aromatic rings. The van der Waals surface area contributed by atoms with Crippen molar-refractivity contribution in [2.24, 2.45) is 0 Å². The number of rotatable bonds is 4. The average Bonchev–Trinajstić information content (AvgIpc) is 3.34. The van der Waals surface area contributed by atoms with Gasteiger partial charge in [0.2, 0.25) is 5.91 Å². The number of halogens is 1. The second-order valence-corrected chi connectivity index (χ2v) is 7.66. The van der Waals surface area contributed by atoms with Gasteiger partial charge in [0.1, 0.15) is 0 Å². The minimum Gasteiger partial charge on any atom is -0.339 e. The lowest BCUT2D eigenvalue weighted by Gasteiger charge is -2.36. The average molecular weight is 325 g/mol. The van der Waals surface area contributed by atoms with Crippen molar-refractivity contribution in [1.82, 2.24) is 9.80 Å². The van der Waals surface area contributed by atoms with Crippen LogP contribution >= 0.6 is 23.4 Å². The predicted octanol–water partition coefficient (Wildman–Crippen LogP) is 3.13. The van der Waals surface area contributed by atoms with Crippen molar-refractivity contribution in [2.45, 2.75) is 36.0 Å². The normalized spacial score (nSPS) is 21.3. The fraction of sp³-hybridized carbons (Fsp3) is 0.562. The summed E-state index contributed by atoms with van der Waals surface area (Å²) in [4.78, 5) is 18.2. The van der Waals surface area contributed by atoms with Gasteiger partial charge in [0.15, 0.2) is 0 Å². The van der Waals surface area contributed by atoms with Gasteiger partial charge in [-0.1, -0.05) is 11.6 Å². The number of benzene rings is 1. The summed E-state index contributed by atoms with van der Waals surface area (Å²) in [5.41, 5.74) is 0. The van der Waals surface area contributed by atoms with Gasteiger partial charge in [-0.25, -0.2) is 0 Å². The SMILES string of the molecule is CC(Sc1ccc(Cl)cc1)C(=O)N1CCN(C2CC2)CC1. The number of carbonyl (C=O) groups is 1. The summed E-state index contributed by atoms with van der Waals surface area (Å²) < 4.78 is 0. The molecule has 114 valence electrons. The molecular formula is C16H21ClN2OS. The van der Waals surface area contributed by atoms with Crippen LogP contribution in [0.4, 0.5) is 0 Å². The zero-order valence-corrected chi connectivity index (χ0v) is 13.9. The molecule has 0 N–H and O–H groups in total. The number of hydrogen-bond acceptors (Lipinski definition) is 3. The zero-order valence-electron chi connectivity index (χ0n) is 12.3. The molecule has 1 unspecified atom stereocenters. The van der Waals surface area contributed by atoms with Crippen molar-refractivity contribution >= 4 is 29.3 Å². The Hall–Kier alpha value is -0.710. The topological polar surface area (TPSA) is 23.6 Å². The Morgan fingerprint density at radius 3 is 2.38 bits per heavy atom. The number of hydrogen-bond donors (Lipinski definition) is 0. The number of thioether (sulfide) groups is 1. The lowest BCUT2D eigenvalue weighted by atomic mass is 10.3. The third-order valence-corrected chi connectivity index (χ3v) is 5.51. The van der Waals surface area contributed by atoms with Gasteiger partial charge in [-0.15, -0.1) is 11.8 Å². The molecule has 3 rings (SSSR count). The highest BCUT2D eigenvalue weighted by atomic mass is 35.5. The van der Waals surface area contributed by atoms with E-state index in [0.717, 1.165) is 42.1 Å². The van der Waals surface area contributed by atoms with Crippen LogP contribution in [0.5, 0.6) is 0 Å². The van der Waals surface area contributed by atoms with Crippen LogP contribution in [0.2, 0.25) is 5.02 Å². The van der Waals surface area contributed by atoms with Crippen molar-refractivity contribution in [3.63, 3.8) is 0 Å². The largest absolute Gasteiger partial charge is 0.339 e. The Kier molecular flexibility index (Phi) is 4.77. The third kappa shape index (κ3) is 3.93. The van der Waals surface area contributed by atoms with Crippen molar-refractivity contribution in [1.29, 1.82) is 0 Å². The first kappa shape index (κ1) is 15.2. The van der Waals surface area contributed by atoms with Crippen molar-refractivity contribution in [2.75, 3.05) is 26.2 Å². The van der Waals surface area contributed by atoms with E-state index in [4.69, 9.17) is 11.6 Å². The van der Waals surface area contributed by atoms with Crippen LogP contribution < -0.4 is 0 Å². The quantitative estimate of drug-likeness (QED) is 0.795. The van der Waals surface area contributed by atoms with Gasteiger partial charge in [-0.2, -0.15) is 0 Å². The fourth-order valence-corrected chi connectivity index (χ4v) is 3.85. The molecule has 1 aliphatic heterocycles. The van der Waals surface area contributed by atoms with Gasteiger partial charge in [0.05, 0.1) is 5.25 Å². The third-order valence-electron chi connectivity index (χ3n) is 4.16. The minimum atomic E-state index is -0.0429. The maximum absolute atomic E-state index is 12.5. The predicted molar refractivity (Wildman–Crippen MR) is 87.9 cm³/mol. The Balaban J connectivity index is 1.51. The molecule has 1 aromatic carbocycles. The van der Waals surface area contributed by atoms with Gasteiger partial charge in [0, 0.05) is 42.1 Å². The van der Waals surface area contributed by atoms with Gasteiger partial charge in [0.25, 0.3) is 0 Å². The number of carbonyl (C=O) groups excluding carboxylic acids is 1. The van der Waals surface area contributed by atoms with E-state index in [2.05, 4.69) is 4.90 Å². The van der Waals surface area contributed by atoms with Gasteiger partial charge >= 0.3 is 0 Å². The molecule has 1 saturated heterocycles. The van der Waals surface area contributed by atoms with Crippen LogP contribution in [0.15, 0.2) is 29.2 Å². The lowest BCUT2D eigenvalue weighted by Crippen LogP contribution is -2.51. The molecule has 1 heterocycles. The second kappa shape index (κ2) is 6.59. The molecule has 0 aromatic heterocycles. The summed E-state index contributed by atoms with van der Waals surface area (Å²) in [6, 6.07) is 8.50. The van der Waals surface area contributed by atoms with E-state index >= 15 is 0 Å². The molecule has 1 atom stereocenters. The van der Waals surface area contributed by atoms with E-state index in [0.29, 0.717) is 0 Å². The van der Waals surface area contributed by atoms with Crippen molar-refractivity contribution < 1.29 is 4.79 Å². The zero-order chi connectivity index (χ0) is 14.8. The Labute approximate surface area is 135 Å². The van der Waals surface area contributed by atoms with Crippen LogP contribution in [-0.4, -0.2) is 53.2 Å². The number of nitrogens with zero attached hydrogens (tertiary/aromatic N) is 2. The van der Waals surface area contributed by atoms with Gasteiger partial charge in [-0.05, 0) is 44.0 Å². The fourth-order valence-electron chi connectivity index (χ4n) is 2.77. The van der Waals surface area contributed by atoms with E-state index in [-0.39, 0.29) is 11.2 Å². The van der Waals surface area contributed by atoms with E-state index in [1.807, 2.05) is 36.1 Å². The minimum absolute atomic E-state index is 0.0429. The van der Waals surface area contributed by atoms with E-state index in [9.17, 15) is 4.79 Å². The van der Waals surface area contributed by atoms with E-state index in [1.165, 1.54) is 12.8 Å². The highest BCUT2D eigenvalue weighted by Crippen LogP contribution is 2.29. The van der Waals surface area contributed by atoms with Crippen molar-refractivity contribution in [3.05, 3.63) is 29.3 Å². The monoisotopic (exact) mass is 324 g/mol. The van der Waals surface area contributed by atoms with Crippen LogP contribution in [0.1, 0.15) is 19.8 Å². The van der Waals surface area contributed by atoms with Crippen LogP contribution in [0.25, 0.3) is 0 Å². The summed E-state index contributed by atoms with van der Waals surface area (Å²) in [6.45, 7) is 5.82. The molecule has 2 fully saturated rings. The van der Waals surface area contributed by atoms with Crippen molar-refractivity contribution in [3.8, 4) is 0 Å².